The molecule has 0 aromatic heterocycles. The minimum absolute atomic E-state index is 0.0118. The minimum atomic E-state index is -0.0327. The van der Waals surface area contributed by atoms with Crippen LogP contribution in [0, 0.1) is 0 Å². The molecule has 4 nitrogen and oxygen atoms in total. The van der Waals surface area contributed by atoms with Crippen LogP contribution in [0.1, 0.15) is 19.4 Å². The second kappa shape index (κ2) is 8.13. The van der Waals surface area contributed by atoms with Crippen molar-refractivity contribution in [3.8, 4) is 5.75 Å². The van der Waals surface area contributed by atoms with E-state index in [9.17, 15) is 4.79 Å². The fourth-order valence-corrected chi connectivity index (χ4v) is 4.47. The Labute approximate surface area is 174 Å². The average molecular weight is 403 g/mol. The molecule has 3 aromatic carbocycles. The Morgan fingerprint density at radius 2 is 1.72 bits per heavy atom. The lowest BCUT2D eigenvalue weighted by atomic mass is 10.0. The molecular weight excluding hydrogens is 380 g/mol. The summed E-state index contributed by atoms with van der Waals surface area (Å²) in [7, 11) is 1.65. The summed E-state index contributed by atoms with van der Waals surface area (Å²) in [5.41, 5.74) is 1.74. The van der Waals surface area contributed by atoms with Crippen LogP contribution >= 0.6 is 11.8 Å². The number of rotatable bonds is 4. The smallest absolute Gasteiger partial charge is 0.266 e. The van der Waals surface area contributed by atoms with Gasteiger partial charge in [0.15, 0.2) is 5.17 Å². The van der Waals surface area contributed by atoms with Gasteiger partial charge in [0.05, 0.1) is 17.7 Å². The largest absolute Gasteiger partial charge is 0.496 e. The van der Waals surface area contributed by atoms with Crippen LogP contribution in [0.15, 0.2) is 76.6 Å². The third kappa shape index (κ3) is 3.78. The van der Waals surface area contributed by atoms with E-state index in [1.54, 1.807) is 12.0 Å². The molecule has 0 saturated carbocycles. The van der Waals surface area contributed by atoms with Gasteiger partial charge in [-0.05, 0) is 60.7 Å². The van der Waals surface area contributed by atoms with Gasteiger partial charge in [-0.15, -0.1) is 0 Å². The Kier molecular flexibility index (Phi) is 5.41. The Morgan fingerprint density at radius 1 is 1.00 bits per heavy atom. The summed E-state index contributed by atoms with van der Waals surface area (Å²) in [4.78, 5) is 20.3. The zero-order valence-corrected chi connectivity index (χ0v) is 17.4. The fraction of sp³-hybridized carbons (Fsp3) is 0.167. The monoisotopic (exact) mass is 402 g/mol. The first-order valence-electron chi connectivity index (χ1n) is 9.51. The van der Waals surface area contributed by atoms with Crippen LogP contribution in [-0.4, -0.2) is 29.1 Å². The number of hydrogen-bond donors (Lipinski definition) is 0. The topological polar surface area (TPSA) is 41.9 Å². The SMILES string of the molecule is COc1ccc2ccccc2c1/C=C1/SC(=Nc2ccccc2)N(C(C)C)C1=O. The van der Waals surface area contributed by atoms with Crippen LogP contribution in [0.25, 0.3) is 16.8 Å². The summed E-state index contributed by atoms with van der Waals surface area (Å²) >= 11 is 1.40. The van der Waals surface area contributed by atoms with Gasteiger partial charge in [0.2, 0.25) is 0 Å². The molecule has 0 bridgehead atoms. The second-order valence-electron chi connectivity index (χ2n) is 7.01. The van der Waals surface area contributed by atoms with Gasteiger partial charge >= 0.3 is 0 Å². The summed E-state index contributed by atoms with van der Waals surface area (Å²) in [6.07, 6.45) is 1.93. The summed E-state index contributed by atoms with van der Waals surface area (Å²) in [6.45, 7) is 4.00. The van der Waals surface area contributed by atoms with Crippen molar-refractivity contribution >= 4 is 45.4 Å². The van der Waals surface area contributed by atoms with E-state index >= 15 is 0 Å². The second-order valence-corrected chi connectivity index (χ2v) is 8.02. The standard InChI is InChI=1S/C24H22N2O2S/c1-16(2)26-23(27)22(29-24(26)25-18-10-5-4-6-11-18)15-20-19-12-8-7-9-17(19)13-14-21(20)28-3/h4-16H,1-3H3/b22-15+,25-24?. The number of hydrogen-bond acceptors (Lipinski definition) is 4. The molecule has 1 heterocycles. The van der Waals surface area contributed by atoms with E-state index in [4.69, 9.17) is 9.73 Å². The van der Waals surface area contributed by atoms with E-state index in [-0.39, 0.29) is 11.9 Å². The van der Waals surface area contributed by atoms with Crippen LogP contribution in [0.2, 0.25) is 0 Å². The Balaban J connectivity index is 1.82. The first-order chi connectivity index (χ1) is 14.1. The van der Waals surface area contributed by atoms with Gasteiger partial charge < -0.3 is 4.74 Å². The molecule has 4 rings (SSSR count). The number of fused-ring (bicyclic) bond motifs is 1. The number of para-hydroxylation sites is 1. The molecule has 29 heavy (non-hydrogen) atoms. The number of amidine groups is 1. The van der Waals surface area contributed by atoms with Gasteiger partial charge in [-0.1, -0.05) is 48.5 Å². The third-order valence-corrected chi connectivity index (χ3v) is 5.74. The maximum atomic E-state index is 13.2. The number of amides is 1. The molecule has 0 spiro atoms. The fourth-order valence-electron chi connectivity index (χ4n) is 3.37. The maximum Gasteiger partial charge on any atom is 0.266 e. The number of thioether (sulfide) groups is 1. The molecule has 1 aliphatic heterocycles. The van der Waals surface area contributed by atoms with Gasteiger partial charge in [-0.3, -0.25) is 9.69 Å². The van der Waals surface area contributed by atoms with Gasteiger partial charge in [0.1, 0.15) is 5.75 Å². The van der Waals surface area contributed by atoms with E-state index in [2.05, 4.69) is 6.07 Å². The molecular formula is C24H22N2O2S. The first-order valence-corrected chi connectivity index (χ1v) is 10.3. The third-order valence-electron chi connectivity index (χ3n) is 4.76. The molecule has 0 atom stereocenters. The highest BCUT2D eigenvalue weighted by molar-refractivity contribution is 8.18. The highest BCUT2D eigenvalue weighted by atomic mass is 32.2. The van der Waals surface area contributed by atoms with Crippen LogP contribution < -0.4 is 4.74 Å². The van der Waals surface area contributed by atoms with Gasteiger partial charge in [0.25, 0.3) is 5.91 Å². The summed E-state index contributed by atoms with van der Waals surface area (Å²) in [5, 5.41) is 2.86. The molecule has 0 N–H and O–H groups in total. The Morgan fingerprint density at radius 3 is 2.45 bits per heavy atom. The highest BCUT2D eigenvalue weighted by Crippen LogP contribution is 2.38. The van der Waals surface area contributed by atoms with Crippen molar-refractivity contribution in [3.63, 3.8) is 0 Å². The van der Waals surface area contributed by atoms with Gasteiger partial charge in [-0.25, -0.2) is 4.99 Å². The average Bonchev–Trinajstić information content (AvgIpc) is 3.04. The van der Waals surface area contributed by atoms with Crippen molar-refractivity contribution in [1.82, 2.24) is 4.90 Å². The lowest BCUT2D eigenvalue weighted by Gasteiger charge is -2.19. The number of methoxy groups -OCH3 is 1. The lowest BCUT2D eigenvalue weighted by molar-refractivity contribution is -0.123. The molecule has 1 amide bonds. The lowest BCUT2D eigenvalue weighted by Crippen LogP contribution is -2.35. The van der Waals surface area contributed by atoms with Crippen molar-refractivity contribution in [3.05, 3.63) is 77.2 Å². The summed E-state index contributed by atoms with van der Waals surface area (Å²) < 4.78 is 5.59. The van der Waals surface area contributed by atoms with Crippen molar-refractivity contribution in [2.24, 2.45) is 4.99 Å². The Hall–Kier alpha value is -3.05. The molecule has 3 aromatic rings. The number of carbonyl (C=O) groups excluding carboxylic acids is 1. The van der Waals surface area contributed by atoms with Crippen LogP contribution in [-0.2, 0) is 4.79 Å². The van der Waals surface area contributed by atoms with E-state index in [1.165, 1.54) is 11.8 Å². The number of benzene rings is 3. The molecule has 146 valence electrons. The quantitative estimate of drug-likeness (QED) is 0.513. The normalized spacial score (nSPS) is 17.1. The number of aliphatic imine (C=N–C) groups is 1. The van der Waals surface area contributed by atoms with E-state index < -0.39 is 0 Å². The van der Waals surface area contributed by atoms with Crippen LogP contribution in [0.4, 0.5) is 5.69 Å². The van der Waals surface area contributed by atoms with Crippen molar-refractivity contribution in [2.75, 3.05) is 7.11 Å². The van der Waals surface area contributed by atoms with Crippen molar-refractivity contribution in [2.45, 2.75) is 19.9 Å². The molecule has 0 radical (unpaired) electrons. The first kappa shape index (κ1) is 19.3. The van der Waals surface area contributed by atoms with Crippen LogP contribution in [0.5, 0.6) is 5.75 Å². The molecule has 1 aliphatic rings. The molecule has 1 fully saturated rings. The number of carbonyl (C=O) groups is 1. The molecule has 0 aliphatic carbocycles. The van der Waals surface area contributed by atoms with Gasteiger partial charge in [-0.2, -0.15) is 0 Å². The van der Waals surface area contributed by atoms with Crippen molar-refractivity contribution in [1.29, 1.82) is 0 Å². The number of nitrogens with zero attached hydrogens (tertiary/aromatic N) is 2. The molecule has 1 saturated heterocycles. The van der Waals surface area contributed by atoms with Crippen LogP contribution in [0.3, 0.4) is 0 Å². The van der Waals surface area contributed by atoms with E-state index in [1.807, 2.05) is 80.6 Å². The molecule has 0 unspecified atom stereocenters. The summed E-state index contributed by atoms with van der Waals surface area (Å²) in [5.74, 6) is 0.712. The molecule has 5 heteroatoms. The zero-order chi connectivity index (χ0) is 20.4. The van der Waals surface area contributed by atoms with E-state index in [0.29, 0.717) is 10.1 Å². The summed E-state index contributed by atoms with van der Waals surface area (Å²) in [6, 6.07) is 21.8. The predicted molar refractivity (Wildman–Crippen MR) is 122 cm³/mol. The predicted octanol–water partition coefficient (Wildman–Crippen LogP) is 5.86. The maximum absolute atomic E-state index is 13.2. The Bertz CT molecular complexity index is 1120. The highest BCUT2D eigenvalue weighted by Gasteiger charge is 2.35. The van der Waals surface area contributed by atoms with Crippen molar-refractivity contribution < 1.29 is 9.53 Å². The van der Waals surface area contributed by atoms with Gasteiger partial charge in [0, 0.05) is 11.6 Å². The number of ether oxygens (including phenoxy) is 1. The van der Waals surface area contributed by atoms with E-state index in [0.717, 1.165) is 27.8 Å². The minimum Gasteiger partial charge on any atom is -0.496 e. The zero-order valence-electron chi connectivity index (χ0n) is 16.6.